The Morgan fingerprint density at radius 2 is 2.11 bits per heavy atom. The first-order valence-electron chi connectivity index (χ1n) is 5.34. The summed E-state index contributed by atoms with van der Waals surface area (Å²) in [4.78, 5) is 0. The van der Waals surface area contributed by atoms with E-state index in [4.69, 9.17) is 5.26 Å². The molecular formula is C13H11Br2N3. The highest BCUT2D eigenvalue weighted by atomic mass is 79.9. The predicted octanol–water partition coefficient (Wildman–Crippen LogP) is 4.03. The summed E-state index contributed by atoms with van der Waals surface area (Å²) < 4.78 is 3.87. The van der Waals surface area contributed by atoms with E-state index in [1.165, 1.54) is 0 Å². The maximum atomic E-state index is 8.89. The second-order valence-electron chi connectivity index (χ2n) is 3.93. The highest BCUT2D eigenvalue weighted by Gasteiger charge is 2.04. The highest BCUT2D eigenvalue weighted by Crippen LogP contribution is 2.26. The summed E-state index contributed by atoms with van der Waals surface area (Å²) >= 11 is 6.94. The normalized spacial score (nSPS) is 10.1. The molecule has 1 N–H and O–H groups in total. The number of halogens is 2. The van der Waals surface area contributed by atoms with Crippen LogP contribution in [0.15, 0.2) is 39.4 Å². The van der Waals surface area contributed by atoms with Gasteiger partial charge < -0.3 is 9.88 Å². The molecule has 0 saturated heterocycles. The van der Waals surface area contributed by atoms with E-state index in [1.807, 2.05) is 42.1 Å². The number of benzene rings is 1. The van der Waals surface area contributed by atoms with Gasteiger partial charge in [-0.1, -0.05) is 15.9 Å². The Balaban J connectivity index is 2.11. The number of nitriles is 1. The molecule has 0 spiro atoms. The lowest BCUT2D eigenvalue weighted by Gasteiger charge is -2.07. The Morgan fingerprint density at radius 1 is 1.33 bits per heavy atom. The van der Waals surface area contributed by atoms with Crippen LogP contribution < -0.4 is 5.32 Å². The molecule has 0 aliphatic heterocycles. The summed E-state index contributed by atoms with van der Waals surface area (Å²) in [6.07, 6.45) is 1.96. The number of nitrogens with one attached hydrogen (secondary N) is 1. The molecule has 0 amide bonds. The average Bonchev–Trinajstić information content (AvgIpc) is 2.71. The first-order valence-corrected chi connectivity index (χ1v) is 6.93. The standard InChI is InChI=1S/C13H11Br2N3/c1-18-8-9(4-11(18)6-16)7-17-13-5-10(14)2-3-12(13)15/h2-5,8,17H,7H2,1H3. The summed E-state index contributed by atoms with van der Waals surface area (Å²) in [5.41, 5.74) is 2.77. The van der Waals surface area contributed by atoms with Crippen molar-refractivity contribution in [2.75, 3.05) is 5.32 Å². The van der Waals surface area contributed by atoms with Crippen LogP contribution in [-0.4, -0.2) is 4.57 Å². The van der Waals surface area contributed by atoms with Crippen LogP contribution in [0.4, 0.5) is 5.69 Å². The quantitative estimate of drug-likeness (QED) is 0.888. The fourth-order valence-corrected chi connectivity index (χ4v) is 2.42. The van der Waals surface area contributed by atoms with Crippen molar-refractivity contribution in [2.24, 2.45) is 7.05 Å². The topological polar surface area (TPSA) is 40.8 Å². The molecule has 2 aromatic rings. The van der Waals surface area contributed by atoms with Crippen molar-refractivity contribution in [1.29, 1.82) is 5.26 Å². The van der Waals surface area contributed by atoms with E-state index in [9.17, 15) is 0 Å². The van der Waals surface area contributed by atoms with Crippen molar-refractivity contribution in [3.05, 3.63) is 50.7 Å². The molecule has 0 atom stereocenters. The molecule has 0 bridgehead atoms. The molecule has 0 unspecified atom stereocenters. The Labute approximate surface area is 123 Å². The number of aromatic nitrogens is 1. The fourth-order valence-electron chi connectivity index (χ4n) is 1.67. The van der Waals surface area contributed by atoms with Gasteiger partial charge in [0, 0.05) is 34.4 Å². The number of hydrogen-bond donors (Lipinski definition) is 1. The molecule has 0 aliphatic carbocycles. The van der Waals surface area contributed by atoms with Crippen LogP contribution in [0.1, 0.15) is 11.3 Å². The maximum absolute atomic E-state index is 8.89. The van der Waals surface area contributed by atoms with Crippen LogP contribution in [0.5, 0.6) is 0 Å². The number of anilines is 1. The van der Waals surface area contributed by atoms with Crippen molar-refractivity contribution < 1.29 is 0 Å². The minimum atomic E-state index is 0.667. The zero-order valence-corrected chi connectivity index (χ0v) is 12.9. The molecule has 18 heavy (non-hydrogen) atoms. The lowest BCUT2D eigenvalue weighted by molar-refractivity contribution is 0.902. The first-order chi connectivity index (χ1) is 8.60. The minimum absolute atomic E-state index is 0.667. The molecule has 0 aliphatic rings. The average molecular weight is 369 g/mol. The Kier molecular flexibility index (Phi) is 4.10. The molecule has 92 valence electrons. The van der Waals surface area contributed by atoms with Crippen LogP contribution in [0, 0.1) is 11.3 Å². The van der Waals surface area contributed by atoms with Gasteiger partial charge in [-0.3, -0.25) is 0 Å². The summed E-state index contributed by atoms with van der Waals surface area (Å²) in [7, 11) is 1.87. The Morgan fingerprint density at radius 3 is 2.78 bits per heavy atom. The third-order valence-electron chi connectivity index (χ3n) is 2.59. The SMILES string of the molecule is Cn1cc(CNc2cc(Br)ccc2Br)cc1C#N. The van der Waals surface area contributed by atoms with E-state index >= 15 is 0 Å². The van der Waals surface area contributed by atoms with Crippen molar-refractivity contribution in [1.82, 2.24) is 4.57 Å². The van der Waals surface area contributed by atoms with Gasteiger partial charge in [-0.15, -0.1) is 0 Å². The van der Waals surface area contributed by atoms with Gasteiger partial charge in [0.25, 0.3) is 0 Å². The zero-order chi connectivity index (χ0) is 13.1. The number of nitrogens with zero attached hydrogens (tertiary/aromatic N) is 2. The van der Waals surface area contributed by atoms with Gasteiger partial charge in [0.15, 0.2) is 0 Å². The third-order valence-corrected chi connectivity index (χ3v) is 3.77. The van der Waals surface area contributed by atoms with Crippen molar-refractivity contribution in [2.45, 2.75) is 6.54 Å². The molecular weight excluding hydrogens is 358 g/mol. The van der Waals surface area contributed by atoms with E-state index in [0.29, 0.717) is 12.2 Å². The zero-order valence-electron chi connectivity index (χ0n) is 9.74. The summed E-state index contributed by atoms with van der Waals surface area (Å²) in [5.74, 6) is 0. The molecule has 0 saturated carbocycles. The van der Waals surface area contributed by atoms with Crippen LogP contribution >= 0.6 is 31.9 Å². The van der Waals surface area contributed by atoms with Crippen molar-refractivity contribution in [3.8, 4) is 6.07 Å². The smallest absolute Gasteiger partial charge is 0.120 e. The molecule has 3 nitrogen and oxygen atoms in total. The summed E-state index contributed by atoms with van der Waals surface area (Å²) in [6, 6.07) is 10.0. The minimum Gasteiger partial charge on any atom is -0.380 e. The Hall–Kier alpha value is -1.25. The van der Waals surface area contributed by atoms with Crippen LogP contribution in [0.3, 0.4) is 0 Å². The fraction of sp³-hybridized carbons (Fsp3) is 0.154. The van der Waals surface area contributed by atoms with Gasteiger partial charge in [-0.05, 0) is 45.8 Å². The lowest BCUT2D eigenvalue weighted by Crippen LogP contribution is -1.99. The Bertz CT molecular complexity index is 611. The van der Waals surface area contributed by atoms with Gasteiger partial charge in [0.05, 0.1) is 0 Å². The van der Waals surface area contributed by atoms with Crippen molar-refractivity contribution in [3.63, 3.8) is 0 Å². The van der Waals surface area contributed by atoms with Gasteiger partial charge >= 0.3 is 0 Å². The van der Waals surface area contributed by atoms with Gasteiger partial charge in [-0.2, -0.15) is 5.26 Å². The molecule has 1 heterocycles. The largest absolute Gasteiger partial charge is 0.380 e. The number of aryl methyl sites for hydroxylation is 1. The second-order valence-corrected chi connectivity index (χ2v) is 5.70. The molecule has 0 radical (unpaired) electrons. The van der Waals surface area contributed by atoms with Crippen LogP contribution in [-0.2, 0) is 13.6 Å². The molecule has 1 aromatic heterocycles. The van der Waals surface area contributed by atoms with Gasteiger partial charge in [0.2, 0.25) is 0 Å². The molecule has 1 aromatic carbocycles. The van der Waals surface area contributed by atoms with Gasteiger partial charge in [0.1, 0.15) is 11.8 Å². The van der Waals surface area contributed by atoms with Crippen molar-refractivity contribution >= 4 is 37.5 Å². The van der Waals surface area contributed by atoms with Crippen LogP contribution in [0.25, 0.3) is 0 Å². The first kappa shape index (κ1) is 13.2. The molecule has 2 rings (SSSR count). The highest BCUT2D eigenvalue weighted by molar-refractivity contribution is 9.11. The number of rotatable bonds is 3. The van der Waals surface area contributed by atoms with E-state index in [0.717, 1.165) is 20.2 Å². The lowest BCUT2D eigenvalue weighted by atomic mass is 10.3. The predicted molar refractivity (Wildman–Crippen MR) is 79.3 cm³/mol. The van der Waals surface area contributed by atoms with Gasteiger partial charge in [-0.25, -0.2) is 0 Å². The van der Waals surface area contributed by atoms with E-state index in [2.05, 4.69) is 43.2 Å². The molecule has 0 fully saturated rings. The van der Waals surface area contributed by atoms with E-state index in [1.54, 1.807) is 0 Å². The van der Waals surface area contributed by atoms with E-state index in [-0.39, 0.29) is 0 Å². The summed E-state index contributed by atoms with van der Waals surface area (Å²) in [5, 5.41) is 12.2. The third kappa shape index (κ3) is 2.95. The maximum Gasteiger partial charge on any atom is 0.120 e. The second kappa shape index (κ2) is 5.59. The van der Waals surface area contributed by atoms with Crippen LogP contribution in [0.2, 0.25) is 0 Å². The summed E-state index contributed by atoms with van der Waals surface area (Å²) in [6.45, 7) is 0.685. The monoisotopic (exact) mass is 367 g/mol. The number of hydrogen-bond acceptors (Lipinski definition) is 2. The van der Waals surface area contributed by atoms with E-state index < -0.39 is 0 Å². The molecule has 5 heteroatoms.